The zero-order valence-corrected chi connectivity index (χ0v) is 11.2. The molecule has 5 nitrogen and oxygen atoms in total. The van der Waals surface area contributed by atoms with E-state index in [9.17, 15) is 4.79 Å². The number of hydrogen-bond acceptors (Lipinski definition) is 5. The highest BCUT2D eigenvalue weighted by molar-refractivity contribution is 7.16. The maximum atomic E-state index is 12.3. The second-order valence-electron chi connectivity index (χ2n) is 4.31. The lowest BCUT2D eigenvalue weighted by atomic mass is 10.3. The summed E-state index contributed by atoms with van der Waals surface area (Å²) in [5.74, 6) is 0.0827. The Morgan fingerprint density at radius 3 is 2.74 bits per heavy atom. The number of aromatic nitrogens is 2. The van der Waals surface area contributed by atoms with Crippen molar-refractivity contribution in [3.05, 3.63) is 35.6 Å². The van der Waals surface area contributed by atoms with Crippen LogP contribution < -0.4 is 5.32 Å². The number of pyridine rings is 1. The van der Waals surface area contributed by atoms with Crippen molar-refractivity contribution in [2.75, 3.05) is 26.2 Å². The molecule has 1 saturated heterocycles. The molecule has 3 heterocycles. The van der Waals surface area contributed by atoms with E-state index < -0.39 is 0 Å². The van der Waals surface area contributed by atoms with E-state index in [4.69, 9.17) is 0 Å². The summed E-state index contributed by atoms with van der Waals surface area (Å²) in [5.41, 5.74) is 0.999. The summed E-state index contributed by atoms with van der Waals surface area (Å²) < 4.78 is 0. The third-order valence-corrected chi connectivity index (χ3v) is 4.08. The minimum Gasteiger partial charge on any atom is -0.335 e. The van der Waals surface area contributed by atoms with Gasteiger partial charge in [0.25, 0.3) is 5.91 Å². The van der Waals surface area contributed by atoms with Crippen molar-refractivity contribution in [2.24, 2.45) is 0 Å². The third kappa shape index (κ3) is 2.64. The maximum Gasteiger partial charge on any atom is 0.265 e. The maximum absolute atomic E-state index is 12.3. The average Bonchev–Trinajstić information content (AvgIpc) is 2.98. The lowest BCUT2D eigenvalue weighted by molar-refractivity contribution is 0.0740. The Kier molecular flexibility index (Phi) is 3.52. The Balaban J connectivity index is 1.79. The zero-order chi connectivity index (χ0) is 13.1. The Hall–Kier alpha value is -1.79. The summed E-state index contributed by atoms with van der Waals surface area (Å²) in [5, 5.41) is 4.10. The van der Waals surface area contributed by atoms with E-state index in [0.29, 0.717) is 4.88 Å². The first-order valence-corrected chi connectivity index (χ1v) is 7.02. The fourth-order valence-corrected chi connectivity index (χ4v) is 2.91. The minimum absolute atomic E-state index is 0.0827. The summed E-state index contributed by atoms with van der Waals surface area (Å²) in [6.45, 7) is 3.26. The Labute approximate surface area is 115 Å². The van der Waals surface area contributed by atoms with Crippen LogP contribution in [0.15, 0.2) is 30.7 Å². The lowest BCUT2D eigenvalue weighted by Gasteiger charge is -2.26. The quantitative estimate of drug-likeness (QED) is 0.895. The van der Waals surface area contributed by atoms with Crippen molar-refractivity contribution in [3.63, 3.8) is 0 Å². The topological polar surface area (TPSA) is 58.1 Å². The molecule has 0 radical (unpaired) electrons. The monoisotopic (exact) mass is 274 g/mol. The van der Waals surface area contributed by atoms with E-state index in [2.05, 4.69) is 15.3 Å². The van der Waals surface area contributed by atoms with Crippen LogP contribution in [0.1, 0.15) is 9.67 Å². The van der Waals surface area contributed by atoms with Crippen LogP contribution >= 0.6 is 11.3 Å². The van der Waals surface area contributed by atoms with Crippen molar-refractivity contribution >= 4 is 17.2 Å². The van der Waals surface area contributed by atoms with Crippen LogP contribution in [0.4, 0.5) is 0 Å². The molecule has 1 fully saturated rings. The van der Waals surface area contributed by atoms with Gasteiger partial charge in [0, 0.05) is 44.1 Å². The number of nitrogens with one attached hydrogen (secondary N) is 1. The lowest BCUT2D eigenvalue weighted by Crippen LogP contribution is -2.46. The molecule has 19 heavy (non-hydrogen) atoms. The van der Waals surface area contributed by atoms with E-state index in [1.54, 1.807) is 18.6 Å². The molecule has 1 N–H and O–H groups in total. The molecule has 6 heteroatoms. The smallest absolute Gasteiger partial charge is 0.265 e. The highest BCUT2D eigenvalue weighted by Gasteiger charge is 2.20. The van der Waals surface area contributed by atoms with Gasteiger partial charge in [-0.25, -0.2) is 4.98 Å². The van der Waals surface area contributed by atoms with E-state index in [-0.39, 0.29) is 5.91 Å². The fraction of sp³-hybridized carbons (Fsp3) is 0.308. The van der Waals surface area contributed by atoms with Gasteiger partial charge in [-0.2, -0.15) is 0 Å². The molecule has 1 amide bonds. The average molecular weight is 274 g/mol. The van der Waals surface area contributed by atoms with Gasteiger partial charge in [0.15, 0.2) is 0 Å². The van der Waals surface area contributed by atoms with Gasteiger partial charge in [0.2, 0.25) is 0 Å². The van der Waals surface area contributed by atoms with Crippen molar-refractivity contribution in [1.82, 2.24) is 20.2 Å². The van der Waals surface area contributed by atoms with Gasteiger partial charge in [-0.3, -0.25) is 9.78 Å². The molecule has 0 atom stereocenters. The normalized spacial score (nSPS) is 15.5. The van der Waals surface area contributed by atoms with Gasteiger partial charge in [-0.1, -0.05) is 0 Å². The van der Waals surface area contributed by atoms with Crippen LogP contribution in [-0.2, 0) is 0 Å². The molecular weight excluding hydrogens is 260 g/mol. The van der Waals surface area contributed by atoms with Crippen molar-refractivity contribution < 1.29 is 4.79 Å². The van der Waals surface area contributed by atoms with Crippen LogP contribution in [0.25, 0.3) is 10.6 Å². The number of nitrogens with zero attached hydrogens (tertiary/aromatic N) is 3. The molecular formula is C13H14N4OS. The van der Waals surface area contributed by atoms with E-state index in [1.165, 1.54) is 11.3 Å². The third-order valence-electron chi connectivity index (χ3n) is 3.05. The van der Waals surface area contributed by atoms with Gasteiger partial charge in [-0.05, 0) is 12.1 Å². The van der Waals surface area contributed by atoms with Gasteiger partial charge in [0.1, 0.15) is 9.88 Å². The number of amides is 1. The van der Waals surface area contributed by atoms with Crippen molar-refractivity contribution in [2.45, 2.75) is 0 Å². The van der Waals surface area contributed by atoms with E-state index in [1.807, 2.05) is 17.0 Å². The second kappa shape index (κ2) is 5.46. The molecule has 0 bridgehead atoms. The van der Waals surface area contributed by atoms with E-state index in [0.717, 1.165) is 36.8 Å². The molecule has 3 rings (SSSR count). The highest BCUT2D eigenvalue weighted by atomic mass is 32.1. The van der Waals surface area contributed by atoms with Gasteiger partial charge < -0.3 is 10.2 Å². The largest absolute Gasteiger partial charge is 0.335 e. The summed E-state index contributed by atoms with van der Waals surface area (Å²) in [6.07, 6.45) is 5.13. The second-order valence-corrected chi connectivity index (χ2v) is 5.34. The molecule has 0 aromatic carbocycles. The summed E-state index contributed by atoms with van der Waals surface area (Å²) in [7, 11) is 0. The molecule has 0 saturated carbocycles. The molecule has 1 aliphatic heterocycles. The van der Waals surface area contributed by atoms with E-state index >= 15 is 0 Å². The molecule has 2 aromatic rings. The molecule has 1 aliphatic rings. The molecule has 0 unspecified atom stereocenters. The zero-order valence-electron chi connectivity index (χ0n) is 10.4. The Bertz CT molecular complexity index is 563. The van der Waals surface area contributed by atoms with Crippen LogP contribution in [-0.4, -0.2) is 47.0 Å². The SMILES string of the molecule is O=C(c1cnc(-c2ccncc2)s1)N1CCNCC1. The van der Waals surface area contributed by atoms with Gasteiger partial charge in [-0.15, -0.1) is 11.3 Å². The van der Waals surface area contributed by atoms with Crippen molar-refractivity contribution in [3.8, 4) is 10.6 Å². The predicted molar refractivity (Wildman–Crippen MR) is 74.1 cm³/mol. The minimum atomic E-state index is 0.0827. The van der Waals surface area contributed by atoms with Crippen molar-refractivity contribution in [1.29, 1.82) is 0 Å². The standard InChI is InChI=1S/C13H14N4OS/c18-13(17-7-5-15-6-8-17)11-9-16-12(19-11)10-1-3-14-4-2-10/h1-4,9,15H,5-8H2. The first-order chi connectivity index (χ1) is 9.34. The van der Waals surface area contributed by atoms with Crippen LogP contribution in [0, 0.1) is 0 Å². The van der Waals surface area contributed by atoms with Crippen LogP contribution in [0.2, 0.25) is 0 Å². The number of piperazine rings is 1. The summed E-state index contributed by atoms with van der Waals surface area (Å²) >= 11 is 1.44. The van der Waals surface area contributed by atoms with Crippen LogP contribution in [0.3, 0.4) is 0 Å². The molecule has 0 spiro atoms. The predicted octanol–water partition coefficient (Wildman–Crippen LogP) is 1.25. The number of carbonyl (C=O) groups excluding carboxylic acids is 1. The number of rotatable bonds is 2. The van der Waals surface area contributed by atoms with Gasteiger partial charge in [0.05, 0.1) is 6.20 Å². The molecule has 98 valence electrons. The first kappa shape index (κ1) is 12.3. The number of carbonyl (C=O) groups is 1. The molecule has 0 aliphatic carbocycles. The number of hydrogen-bond donors (Lipinski definition) is 1. The first-order valence-electron chi connectivity index (χ1n) is 6.21. The number of thiazole rings is 1. The highest BCUT2D eigenvalue weighted by Crippen LogP contribution is 2.25. The van der Waals surface area contributed by atoms with Crippen LogP contribution in [0.5, 0.6) is 0 Å². The summed E-state index contributed by atoms with van der Waals surface area (Å²) in [6, 6.07) is 3.80. The molecule has 2 aromatic heterocycles. The summed E-state index contributed by atoms with van der Waals surface area (Å²) in [4.78, 5) is 23.2. The Morgan fingerprint density at radius 2 is 2.00 bits per heavy atom. The fourth-order valence-electron chi connectivity index (χ4n) is 2.02. The Morgan fingerprint density at radius 1 is 1.26 bits per heavy atom. The van der Waals surface area contributed by atoms with Gasteiger partial charge >= 0.3 is 0 Å².